The van der Waals surface area contributed by atoms with Crippen molar-refractivity contribution in [3.05, 3.63) is 47.8 Å². The molecular formula is C13H17FN4. The second-order valence-corrected chi connectivity index (χ2v) is 4.14. The van der Waals surface area contributed by atoms with Gasteiger partial charge < -0.3 is 5.32 Å². The van der Waals surface area contributed by atoms with Crippen LogP contribution in [0.2, 0.25) is 0 Å². The fraction of sp³-hybridized carbons (Fsp3) is 0.385. The molecular weight excluding hydrogens is 231 g/mol. The highest BCUT2D eigenvalue weighted by atomic mass is 19.1. The zero-order valence-electron chi connectivity index (χ0n) is 10.6. The van der Waals surface area contributed by atoms with Gasteiger partial charge in [0.1, 0.15) is 18.0 Å². The molecule has 0 radical (unpaired) electrons. The van der Waals surface area contributed by atoms with E-state index in [9.17, 15) is 4.39 Å². The van der Waals surface area contributed by atoms with Gasteiger partial charge in [-0.25, -0.2) is 9.37 Å². The molecule has 4 nitrogen and oxygen atoms in total. The molecule has 0 aliphatic carbocycles. The fourth-order valence-electron chi connectivity index (χ4n) is 1.98. The molecule has 96 valence electrons. The molecule has 1 aromatic heterocycles. The number of halogens is 1. The molecule has 1 heterocycles. The Morgan fingerprint density at radius 1 is 1.39 bits per heavy atom. The summed E-state index contributed by atoms with van der Waals surface area (Å²) in [4.78, 5) is 4.18. The average molecular weight is 248 g/mol. The van der Waals surface area contributed by atoms with Crippen molar-refractivity contribution in [3.8, 4) is 0 Å². The molecule has 0 aliphatic rings. The van der Waals surface area contributed by atoms with Gasteiger partial charge in [-0.2, -0.15) is 5.10 Å². The lowest BCUT2D eigenvalue weighted by Gasteiger charge is -2.18. The molecule has 0 bridgehead atoms. The largest absolute Gasteiger partial charge is 0.310 e. The molecule has 0 fully saturated rings. The molecule has 0 saturated heterocycles. The molecule has 0 spiro atoms. The van der Waals surface area contributed by atoms with Crippen LogP contribution in [0.15, 0.2) is 30.6 Å². The van der Waals surface area contributed by atoms with Crippen molar-refractivity contribution in [1.82, 2.24) is 20.1 Å². The van der Waals surface area contributed by atoms with E-state index in [1.807, 2.05) is 20.0 Å². The van der Waals surface area contributed by atoms with Gasteiger partial charge in [0.15, 0.2) is 0 Å². The Kier molecular flexibility index (Phi) is 4.04. The van der Waals surface area contributed by atoms with E-state index in [2.05, 4.69) is 15.4 Å². The number of nitrogens with zero attached hydrogens (tertiary/aromatic N) is 3. The quantitative estimate of drug-likeness (QED) is 0.878. The van der Waals surface area contributed by atoms with Gasteiger partial charge in [-0.05, 0) is 12.6 Å². The second-order valence-electron chi connectivity index (χ2n) is 4.14. The molecule has 1 N–H and O–H groups in total. The summed E-state index contributed by atoms with van der Waals surface area (Å²) in [5, 5.41) is 7.31. The number of rotatable bonds is 5. The van der Waals surface area contributed by atoms with Gasteiger partial charge >= 0.3 is 0 Å². The lowest BCUT2D eigenvalue weighted by molar-refractivity contribution is 0.492. The Labute approximate surface area is 106 Å². The van der Waals surface area contributed by atoms with Crippen LogP contribution in [-0.4, -0.2) is 21.3 Å². The van der Waals surface area contributed by atoms with E-state index in [4.69, 9.17) is 0 Å². The molecule has 1 atom stereocenters. The lowest BCUT2D eigenvalue weighted by atomic mass is 10.0. The van der Waals surface area contributed by atoms with Crippen LogP contribution >= 0.6 is 0 Å². The monoisotopic (exact) mass is 248 g/mol. The van der Waals surface area contributed by atoms with E-state index in [1.165, 1.54) is 12.4 Å². The molecule has 2 aromatic rings. The third-order valence-electron chi connectivity index (χ3n) is 2.92. The van der Waals surface area contributed by atoms with Crippen molar-refractivity contribution < 1.29 is 4.39 Å². The molecule has 1 unspecified atom stereocenters. The fourth-order valence-corrected chi connectivity index (χ4v) is 1.98. The van der Waals surface area contributed by atoms with Gasteiger partial charge in [0.05, 0.1) is 0 Å². The van der Waals surface area contributed by atoms with Crippen LogP contribution < -0.4 is 5.32 Å². The minimum atomic E-state index is -0.189. The average Bonchev–Trinajstić information content (AvgIpc) is 2.75. The summed E-state index contributed by atoms with van der Waals surface area (Å²) in [7, 11) is 1.84. The maximum Gasteiger partial charge on any atom is 0.138 e. The van der Waals surface area contributed by atoms with Crippen molar-refractivity contribution in [2.45, 2.75) is 19.4 Å². The maximum absolute atomic E-state index is 13.8. The van der Waals surface area contributed by atoms with Crippen molar-refractivity contribution >= 4 is 0 Å². The highest BCUT2D eigenvalue weighted by Crippen LogP contribution is 2.20. The van der Waals surface area contributed by atoms with E-state index >= 15 is 0 Å². The molecule has 2 rings (SSSR count). The van der Waals surface area contributed by atoms with Crippen LogP contribution in [0.25, 0.3) is 0 Å². The normalized spacial score (nSPS) is 12.6. The molecule has 1 aromatic carbocycles. The first-order valence-corrected chi connectivity index (χ1v) is 6.03. The van der Waals surface area contributed by atoms with Crippen LogP contribution in [-0.2, 0) is 13.5 Å². The van der Waals surface area contributed by atoms with E-state index in [-0.39, 0.29) is 11.9 Å². The Bertz CT molecular complexity index is 509. The van der Waals surface area contributed by atoms with Crippen molar-refractivity contribution in [3.63, 3.8) is 0 Å². The Morgan fingerprint density at radius 2 is 2.17 bits per heavy atom. The molecule has 18 heavy (non-hydrogen) atoms. The van der Waals surface area contributed by atoms with Crippen LogP contribution in [0, 0.1) is 5.82 Å². The van der Waals surface area contributed by atoms with Crippen LogP contribution in [0.3, 0.4) is 0 Å². The van der Waals surface area contributed by atoms with Crippen LogP contribution in [0.1, 0.15) is 24.4 Å². The van der Waals surface area contributed by atoms with E-state index in [0.29, 0.717) is 12.0 Å². The minimum Gasteiger partial charge on any atom is -0.310 e. The summed E-state index contributed by atoms with van der Waals surface area (Å²) in [6, 6.07) is 6.75. The van der Waals surface area contributed by atoms with Crippen LogP contribution in [0.4, 0.5) is 4.39 Å². The zero-order chi connectivity index (χ0) is 13.0. The Morgan fingerprint density at radius 3 is 2.78 bits per heavy atom. The van der Waals surface area contributed by atoms with E-state index < -0.39 is 0 Å². The molecule has 0 saturated carbocycles. The summed E-state index contributed by atoms with van der Waals surface area (Å²) in [6.07, 6.45) is 2.13. The van der Waals surface area contributed by atoms with E-state index in [1.54, 1.807) is 16.8 Å². The van der Waals surface area contributed by atoms with Gasteiger partial charge in [0.2, 0.25) is 0 Å². The minimum absolute atomic E-state index is 0.0842. The van der Waals surface area contributed by atoms with Crippen LogP contribution in [0.5, 0.6) is 0 Å². The number of benzene rings is 1. The van der Waals surface area contributed by atoms with Gasteiger partial charge in [0, 0.05) is 25.1 Å². The first kappa shape index (κ1) is 12.7. The third-order valence-corrected chi connectivity index (χ3v) is 2.92. The topological polar surface area (TPSA) is 42.7 Å². The van der Waals surface area contributed by atoms with Gasteiger partial charge in [-0.1, -0.05) is 25.1 Å². The van der Waals surface area contributed by atoms with Gasteiger partial charge in [0.25, 0.3) is 0 Å². The molecule has 0 amide bonds. The second kappa shape index (κ2) is 5.73. The highest BCUT2D eigenvalue weighted by Gasteiger charge is 2.17. The molecule has 5 heteroatoms. The first-order chi connectivity index (χ1) is 8.72. The summed E-state index contributed by atoms with van der Waals surface area (Å²) < 4.78 is 15.5. The predicted octanol–water partition coefficient (Wildman–Crippen LogP) is 1.85. The molecule has 0 aliphatic heterocycles. The van der Waals surface area contributed by atoms with E-state index in [0.717, 1.165) is 12.4 Å². The number of aromatic nitrogens is 3. The van der Waals surface area contributed by atoms with Crippen molar-refractivity contribution in [2.24, 2.45) is 7.05 Å². The Balaban J connectivity index is 2.24. The third kappa shape index (κ3) is 2.73. The highest BCUT2D eigenvalue weighted by molar-refractivity contribution is 5.22. The smallest absolute Gasteiger partial charge is 0.138 e. The summed E-state index contributed by atoms with van der Waals surface area (Å²) in [5.74, 6) is 0.648. The summed E-state index contributed by atoms with van der Waals surface area (Å²) in [6.45, 7) is 2.78. The number of aryl methyl sites for hydroxylation is 1. The van der Waals surface area contributed by atoms with Crippen molar-refractivity contribution in [2.75, 3.05) is 6.54 Å². The summed E-state index contributed by atoms with van der Waals surface area (Å²) >= 11 is 0. The number of nitrogens with one attached hydrogen (secondary N) is 1. The maximum atomic E-state index is 13.8. The van der Waals surface area contributed by atoms with Crippen molar-refractivity contribution in [1.29, 1.82) is 0 Å². The standard InChI is InChI=1S/C13H17FN4/c1-3-15-12(8-13-16-9-17-18(13)2)10-6-4-5-7-11(10)14/h4-7,9,12,15H,3,8H2,1-2H3. The zero-order valence-corrected chi connectivity index (χ0v) is 10.6. The van der Waals surface area contributed by atoms with Gasteiger partial charge in [-0.15, -0.1) is 0 Å². The predicted molar refractivity (Wildman–Crippen MR) is 67.5 cm³/mol. The summed E-state index contributed by atoms with van der Waals surface area (Å²) in [5.41, 5.74) is 0.669. The Hall–Kier alpha value is -1.75. The number of hydrogen-bond acceptors (Lipinski definition) is 3. The SMILES string of the molecule is CCNC(Cc1ncnn1C)c1ccccc1F. The number of likely N-dealkylation sites (N-methyl/N-ethyl adjacent to an activating group) is 1. The van der Waals surface area contributed by atoms with Gasteiger partial charge in [-0.3, -0.25) is 4.68 Å². The number of hydrogen-bond donors (Lipinski definition) is 1. The first-order valence-electron chi connectivity index (χ1n) is 6.03. The lowest BCUT2D eigenvalue weighted by Crippen LogP contribution is -2.25.